The molecule has 0 aliphatic heterocycles. The highest BCUT2D eigenvalue weighted by molar-refractivity contribution is 7.85. The van der Waals surface area contributed by atoms with Crippen LogP contribution in [-0.4, -0.2) is 56.2 Å². The van der Waals surface area contributed by atoms with Crippen LogP contribution in [0.2, 0.25) is 0 Å². The van der Waals surface area contributed by atoms with E-state index in [4.69, 9.17) is 4.55 Å². The third-order valence-corrected chi connectivity index (χ3v) is 3.26. The van der Waals surface area contributed by atoms with E-state index in [9.17, 15) is 13.2 Å². The Balaban J connectivity index is 3.82. The van der Waals surface area contributed by atoms with Crippen molar-refractivity contribution in [1.29, 1.82) is 0 Å². The predicted octanol–water partition coefficient (Wildman–Crippen LogP) is 0.710. The minimum absolute atomic E-state index is 0.179. The Kier molecular flexibility index (Phi) is 6.14. The summed E-state index contributed by atoms with van der Waals surface area (Å²) < 4.78 is 30.3. The molecule has 0 unspecified atom stereocenters. The number of ketones is 1. The van der Waals surface area contributed by atoms with Crippen molar-refractivity contribution in [2.45, 2.75) is 26.2 Å². The molecule has 0 saturated carbocycles. The summed E-state index contributed by atoms with van der Waals surface area (Å²) in [6.07, 6.45) is 1.82. The summed E-state index contributed by atoms with van der Waals surface area (Å²) in [5.41, 5.74) is 0. The molecule has 0 aromatic carbocycles. The molecule has 0 rings (SSSR count). The van der Waals surface area contributed by atoms with Crippen LogP contribution in [0.15, 0.2) is 0 Å². The lowest BCUT2D eigenvalue weighted by Crippen LogP contribution is -2.41. The molecule has 0 bridgehead atoms. The fraction of sp³-hybridized carbons (Fsp3) is 0.900. The first kappa shape index (κ1) is 15.5. The van der Waals surface area contributed by atoms with Gasteiger partial charge < -0.3 is 9.28 Å². The Morgan fingerprint density at radius 2 is 1.69 bits per heavy atom. The smallest absolute Gasteiger partial charge is 0.265 e. The summed E-state index contributed by atoms with van der Waals surface area (Å²) in [5, 5.41) is 0. The second-order valence-corrected chi connectivity index (χ2v) is 6.40. The molecule has 0 aliphatic rings. The maximum Gasteiger partial charge on any atom is 0.265 e. The third kappa shape index (κ3) is 10.1. The summed E-state index contributed by atoms with van der Waals surface area (Å²) in [5.74, 6) is -0.0144. The van der Waals surface area contributed by atoms with Crippen molar-refractivity contribution in [2.24, 2.45) is 0 Å². The standard InChI is InChI=1S/C10H21NO4S/c1-10(12)6-4-7-11(2,3)8-5-9-16(13,14)15/h4-9H2,1-3H3/p+1. The topological polar surface area (TPSA) is 71.4 Å². The van der Waals surface area contributed by atoms with Crippen LogP contribution in [0.25, 0.3) is 0 Å². The molecule has 0 saturated heterocycles. The zero-order valence-corrected chi connectivity index (χ0v) is 11.1. The van der Waals surface area contributed by atoms with E-state index in [2.05, 4.69) is 0 Å². The molecule has 0 aromatic rings. The van der Waals surface area contributed by atoms with Crippen molar-refractivity contribution in [3.05, 3.63) is 0 Å². The van der Waals surface area contributed by atoms with Gasteiger partial charge >= 0.3 is 0 Å². The molecule has 0 aromatic heterocycles. The molecule has 6 heteroatoms. The fourth-order valence-electron chi connectivity index (χ4n) is 1.54. The van der Waals surface area contributed by atoms with Gasteiger partial charge in [-0.15, -0.1) is 0 Å². The monoisotopic (exact) mass is 252 g/mol. The van der Waals surface area contributed by atoms with Crippen molar-refractivity contribution in [1.82, 2.24) is 0 Å². The number of rotatable bonds is 8. The minimum Gasteiger partial charge on any atom is -0.328 e. The Hall–Kier alpha value is -0.460. The van der Waals surface area contributed by atoms with Crippen LogP contribution in [0.4, 0.5) is 0 Å². The summed E-state index contributed by atoms with van der Waals surface area (Å²) in [4.78, 5) is 10.8. The first-order valence-corrected chi connectivity index (χ1v) is 7.00. The molecule has 1 N–H and O–H groups in total. The van der Waals surface area contributed by atoms with Gasteiger partial charge in [0.05, 0.1) is 32.9 Å². The zero-order chi connectivity index (χ0) is 12.8. The molecular weight excluding hydrogens is 230 g/mol. The van der Waals surface area contributed by atoms with Crippen molar-refractivity contribution in [2.75, 3.05) is 32.9 Å². The second-order valence-electron chi connectivity index (χ2n) is 4.83. The molecule has 0 aliphatic carbocycles. The van der Waals surface area contributed by atoms with Gasteiger partial charge in [0.25, 0.3) is 10.1 Å². The second kappa shape index (κ2) is 6.32. The fourth-order valence-corrected chi connectivity index (χ4v) is 2.04. The molecule has 16 heavy (non-hydrogen) atoms. The van der Waals surface area contributed by atoms with Gasteiger partial charge in [-0.3, -0.25) is 4.55 Å². The Morgan fingerprint density at radius 3 is 2.12 bits per heavy atom. The molecule has 0 spiro atoms. The van der Waals surface area contributed by atoms with Crippen LogP contribution in [0.5, 0.6) is 0 Å². The summed E-state index contributed by atoms with van der Waals surface area (Å²) in [6.45, 7) is 3.08. The van der Waals surface area contributed by atoms with Crippen molar-refractivity contribution < 1.29 is 22.2 Å². The van der Waals surface area contributed by atoms with Crippen LogP contribution >= 0.6 is 0 Å². The van der Waals surface area contributed by atoms with E-state index < -0.39 is 10.1 Å². The number of hydrogen-bond donors (Lipinski definition) is 1. The highest BCUT2D eigenvalue weighted by atomic mass is 32.2. The molecule has 0 atom stereocenters. The van der Waals surface area contributed by atoms with E-state index in [1.165, 1.54) is 0 Å². The quantitative estimate of drug-likeness (QED) is 0.510. The number of carbonyl (C=O) groups is 1. The highest BCUT2D eigenvalue weighted by Crippen LogP contribution is 2.04. The normalized spacial score (nSPS) is 12.8. The van der Waals surface area contributed by atoms with Crippen LogP contribution in [0.1, 0.15) is 26.2 Å². The van der Waals surface area contributed by atoms with Gasteiger partial charge in [-0.1, -0.05) is 0 Å². The number of hydrogen-bond acceptors (Lipinski definition) is 3. The van der Waals surface area contributed by atoms with E-state index in [-0.39, 0.29) is 11.5 Å². The maximum absolute atomic E-state index is 10.8. The average molecular weight is 252 g/mol. The molecule has 0 amide bonds. The molecule has 0 heterocycles. The van der Waals surface area contributed by atoms with Gasteiger partial charge in [-0.05, 0) is 6.92 Å². The molecule has 0 radical (unpaired) electrons. The zero-order valence-electron chi connectivity index (χ0n) is 10.3. The van der Waals surface area contributed by atoms with Gasteiger partial charge in [0.1, 0.15) is 5.78 Å². The van der Waals surface area contributed by atoms with Crippen molar-refractivity contribution in [3.8, 4) is 0 Å². The summed E-state index contributed by atoms with van der Waals surface area (Å²) >= 11 is 0. The van der Waals surface area contributed by atoms with E-state index in [0.717, 1.165) is 13.0 Å². The lowest BCUT2D eigenvalue weighted by Gasteiger charge is -2.29. The van der Waals surface area contributed by atoms with Gasteiger partial charge in [-0.2, -0.15) is 8.42 Å². The van der Waals surface area contributed by atoms with Gasteiger partial charge in [0, 0.05) is 19.3 Å². The lowest BCUT2D eigenvalue weighted by molar-refractivity contribution is -0.890. The van der Waals surface area contributed by atoms with E-state index >= 15 is 0 Å². The number of nitrogens with zero attached hydrogens (tertiary/aromatic N) is 1. The molecular formula is C10H22NO4S+. The number of carbonyl (C=O) groups excluding carboxylic acids is 1. The molecule has 96 valence electrons. The lowest BCUT2D eigenvalue weighted by atomic mass is 10.2. The molecule has 0 fully saturated rings. The SMILES string of the molecule is CC(=O)CCC[N+](C)(C)CCCS(=O)(=O)O. The Labute approximate surface area is 97.8 Å². The van der Waals surface area contributed by atoms with Gasteiger partial charge in [-0.25, -0.2) is 0 Å². The average Bonchev–Trinajstić information content (AvgIpc) is 1.99. The van der Waals surface area contributed by atoms with Gasteiger partial charge in [0.15, 0.2) is 0 Å². The van der Waals surface area contributed by atoms with E-state index in [1.807, 2.05) is 14.1 Å². The highest BCUT2D eigenvalue weighted by Gasteiger charge is 2.16. The minimum atomic E-state index is -3.84. The van der Waals surface area contributed by atoms with Gasteiger partial charge in [0.2, 0.25) is 0 Å². The van der Waals surface area contributed by atoms with Crippen molar-refractivity contribution in [3.63, 3.8) is 0 Å². The van der Waals surface area contributed by atoms with Crippen molar-refractivity contribution >= 4 is 15.9 Å². The third-order valence-electron chi connectivity index (χ3n) is 2.46. The van der Waals surface area contributed by atoms with E-state index in [1.54, 1.807) is 6.92 Å². The molecule has 5 nitrogen and oxygen atoms in total. The van der Waals surface area contributed by atoms with Crippen LogP contribution in [0.3, 0.4) is 0 Å². The number of quaternary nitrogens is 1. The Bertz CT molecular complexity index is 322. The largest absolute Gasteiger partial charge is 0.328 e. The van der Waals surface area contributed by atoms with Crippen LogP contribution < -0.4 is 0 Å². The maximum atomic E-state index is 10.8. The first-order chi connectivity index (χ1) is 7.12. The van der Waals surface area contributed by atoms with Crippen LogP contribution in [-0.2, 0) is 14.9 Å². The first-order valence-electron chi connectivity index (χ1n) is 5.39. The van der Waals surface area contributed by atoms with Crippen LogP contribution in [0, 0.1) is 0 Å². The van der Waals surface area contributed by atoms with E-state index in [0.29, 0.717) is 23.9 Å². The summed E-state index contributed by atoms with van der Waals surface area (Å²) in [6, 6.07) is 0. The Morgan fingerprint density at radius 1 is 1.19 bits per heavy atom. The predicted molar refractivity (Wildman–Crippen MR) is 62.8 cm³/mol. The summed E-state index contributed by atoms with van der Waals surface area (Å²) in [7, 11) is 0.136. The number of Topliss-reactive ketones (excluding diaryl/α,β-unsaturated/α-hetero) is 1.